The second kappa shape index (κ2) is 7.35. The predicted molar refractivity (Wildman–Crippen MR) is 73.3 cm³/mol. The Hall–Kier alpha value is -2.11. The Kier molecular flexibility index (Phi) is 5.78. The summed E-state index contributed by atoms with van der Waals surface area (Å²) in [6.07, 6.45) is 2.16. The normalized spacial score (nSPS) is 11.3. The van der Waals surface area contributed by atoms with Crippen molar-refractivity contribution in [1.29, 1.82) is 5.53 Å². The summed E-state index contributed by atoms with van der Waals surface area (Å²) in [5, 5.41) is 6.01. The molecule has 0 atom stereocenters. The summed E-state index contributed by atoms with van der Waals surface area (Å²) in [5.74, 6) is 0.728. The van der Waals surface area contributed by atoms with Gasteiger partial charge in [0.25, 0.3) is 0 Å². The van der Waals surface area contributed by atoms with Crippen molar-refractivity contribution in [1.82, 2.24) is 0 Å². The first-order chi connectivity index (χ1) is 9.10. The Morgan fingerprint density at radius 2 is 2.00 bits per heavy atom. The fourth-order valence-corrected chi connectivity index (χ4v) is 1.42. The Balaban J connectivity index is 2.42. The van der Waals surface area contributed by atoms with E-state index in [1.807, 2.05) is 12.1 Å². The first-order valence-corrected chi connectivity index (χ1v) is 6.03. The molecule has 0 saturated carbocycles. The molecule has 1 N–H and O–H groups in total. The van der Waals surface area contributed by atoms with Gasteiger partial charge in [-0.2, -0.15) is 0 Å². The van der Waals surface area contributed by atoms with Gasteiger partial charge in [-0.15, -0.1) is 0 Å². The van der Waals surface area contributed by atoms with Gasteiger partial charge in [-0.1, -0.05) is 32.9 Å². The Bertz CT molecular complexity index is 415. The maximum atomic E-state index is 6.36. The molecule has 0 aliphatic carbocycles. The fourth-order valence-electron chi connectivity index (χ4n) is 1.42. The van der Waals surface area contributed by atoms with Crippen molar-refractivity contribution in [3.05, 3.63) is 35.4 Å². The maximum absolute atomic E-state index is 6.36. The number of ether oxygens (including phenoxy) is 2. The van der Waals surface area contributed by atoms with Gasteiger partial charge in [0.05, 0.1) is 0 Å². The van der Waals surface area contributed by atoms with E-state index in [0.717, 1.165) is 18.6 Å². The van der Waals surface area contributed by atoms with Crippen LogP contribution in [-0.2, 0) is 10.2 Å². The molecule has 0 amide bonds. The van der Waals surface area contributed by atoms with Crippen LogP contribution in [-0.4, -0.2) is 13.2 Å². The van der Waals surface area contributed by atoms with Gasteiger partial charge >= 0.3 is 0 Å². The van der Waals surface area contributed by atoms with Crippen LogP contribution in [0.4, 0.5) is 0 Å². The Labute approximate surface area is 113 Å². The number of hydrogen-bond donors (Lipinski definition) is 1. The molecule has 6 heteroatoms. The predicted octanol–water partition coefficient (Wildman–Crippen LogP) is 3.99. The van der Waals surface area contributed by atoms with Crippen LogP contribution in [0.1, 0.15) is 32.8 Å². The summed E-state index contributed by atoms with van der Waals surface area (Å²) >= 11 is 0. The number of nitrogens with zero attached hydrogens (tertiary/aromatic N) is 3. The minimum atomic E-state index is 0.0353. The molecular formula is C13H19N4O2-. The van der Waals surface area contributed by atoms with Crippen LogP contribution in [0.2, 0.25) is 0 Å². The fraction of sp³-hybridized carbons (Fsp3) is 0.462. The van der Waals surface area contributed by atoms with Crippen molar-refractivity contribution in [3.8, 4) is 5.75 Å². The van der Waals surface area contributed by atoms with Crippen LogP contribution in [0.15, 0.2) is 34.6 Å². The zero-order valence-corrected chi connectivity index (χ0v) is 11.5. The quantitative estimate of drug-likeness (QED) is 0.192. The zero-order valence-electron chi connectivity index (χ0n) is 11.5. The minimum Gasteiger partial charge on any atom is -0.457 e. The average molecular weight is 263 g/mol. The summed E-state index contributed by atoms with van der Waals surface area (Å²) < 4.78 is 10.3. The molecule has 1 aromatic carbocycles. The molecule has 19 heavy (non-hydrogen) atoms. The van der Waals surface area contributed by atoms with Gasteiger partial charge in [0.2, 0.25) is 6.79 Å². The third-order valence-corrected chi connectivity index (χ3v) is 3.03. The Morgan fingerprint density at radius 1 is 1.32 bits per heavy atom. The first-order valence-electron chi connectivity index (χ1n) is 6.03. The molecule has 0 saturated heterocycles. The molecule has 6 nitrogen and oxygen atoms in total. The molecule has 0 heterocycles. The standard InChI is InChI=1S/C13H19N4O2/c1-4-13(2,3)11-5-7-12(8-6-11)19-10-18-9-15-17-16-14/h5-9H,4,10H2,1-3H3,(H-,14,17)/q-1/b15-9+. The van der Waals surface area contributed by atoms with E-state index in [9.17, 15) is 0 Å². The zero-order chi connectivity index (χ0) is 14.1. The second-order valence-corrected chi connectivity index (χ2v) is 4.60. The highest BCUT2D eigenvalue weighted by Gasteiger charge is 2.17. The number of nitrogens with one attached hydrogen (secondary N) is 1. The van der Waals surface area contributed by atoms with E-state index in [-0.39, 0.29) is 12.2 Å². The molecular weight excluding hydrogens is 244 g/mol. The van der Waals surface area contributed by atoms with E-state index in [2.05, 4.69) is 48.8 Å². The molecule has 1 aromatic rings. The van der Waals surface area contributed by atoms with Gasteiger partial charge in [-0.25, -0.2) is 5.10 Å². The average Bonchev–Trinajstić information content (AvgIpc) is 2.43. The lowest BCUT2D eigenvalue weighted by molar-refractivity contribution is 0.116. The second-order valence-electron chi connectivity index (χ2n) is 4.60. The van der Waals surface area contributed by atoms with Gasteiger partial charge < -0.3 is 15.0 Å². The molecule has 0 radical (unpaired) electrons. The lowest BCUT2D eigenvalue weighted by atomic mass is 9.82. The topological polar surface area (TPSA) is 81.1 Å². The van der Waals surface area contributed by atoms with Gasteiger partial charge in [0.15, 0.2) is 6.40 Å². The SMILES string of the molecule is CCC(C)(C)c1ccc(OCO/C=N/[N-]N=N)cc1. The number of hydrogen-bond acceptors (Lipinski definition) is 5. The summed E-state index contributed by atoms with van der Waals surface area (Å²) in [7, 11) is 0. The first kappa shape index (κ1) is 14.9. The molecule has 1 rings (SSSR count). The van der Waals surface area contributed by atoms with E-state index < -0.39 is 0 Å². The van der Waals surface area contributed by atoms with Gasteiger partial charge in [0, 0.05) is 0 Å². The van der Waals surface area contributed by atoms with E-state index >= 15 is 0 Å². The third kappa shape index (κ3) is 4.95. The molecule has 0 spiro atoms. The van der Waals surface area contributed by atoms with E-state index in [1.165, 1.54) is 5.56 Å². The van der Waals surface area contributed by atoms with Crippen molar-refractivity contribution in [3.63, 3.8) is 0 Å². The minimum absolute atomic E-state index is 0.0353. The molecule has 0 unspecified atom stereocenters. The highest BCUT2D eigenvalue weighted by atomic mass is 16.7. The van der Waals surface area contributed by atoms with Crippen LogP contribution < -0.4 is 4.74 Å². The molecule has 104 valence electrons. The van der Waals surface area contributed by atoms with Crippen LogP contribution in [0.5, 0.6) is 5.75 Å². The number of rotatable bonds is 8. The summed E-state index contributed by atoms with van der Waals surface area (Å²) in [6, 6.07) is 7.94. The van der Waals surface area contributed by atoms with Crippen LogP contribution in [0.25, 0.3) is 5.53 Å². The maximum Gasteiger partial charge on any atom is 0.232 e. The highest BCUT2D eigenvalue weighted by molar-refractivity contribution is 5.46. The van der Waals surface area contributed by atoms with E-state index in [4.69, 9.17) is 15.0 Å². The third-order valence-electron chi connectivity index (χ3n) is 3.03. The van der Waals surface area contributed by atoms with Gasteiger partial charge in [-0.05, 0) is 29.5 Å². The van der Waals surface area contributed by atoms with Crippen LogP contribution >= 0.6 is 0 Å². The largest absolute Gasteiger partial charge is 0.457 e. The molecule has 0 aromatic heterocycles. The monoisotopic (exact) mass is 263 g/mol. The van der Waals surface area contributed by atoms with E-state index in [1.54, 1.807) is 0 Å². The van der Waals surface area contributed by atoms with Crippen LogP contribution in [0.3, 0.4) is 0 Å². The summed E-state index contributed by atoms with van der Waals surface area (Å²) in [4.78, 5) is 0. The van der Waals surface area contributed by atoms with Crippen molar-refractivity contribution in [2.24, 2.45) is 10.3 Å². The van der Waals surface area contributed by atoms with Gasteiger partial charge in [-0.3, -0.25) is 10.8 Å². The lowest BCUT2D eigenvalue weighted by Crippen LogP contribution is -2.15. The van der Waals surface area contributed by atoms with E-state index in [0.29, 0.717) is 0 Å². The van der Waals surface area contributed by atoms with Crippen molar-refractivity contribution < 1.29 is 9.47 Å². The highest BCUT2D eigenvalue weighted by Crippen LogP contribution is 2.27. The molecule has 0 aliphatic rings. The van der Waals surface area contributed by atoms with Crippen LogP contribution in [0, 0.1) is 5.53 Å². The molecule has 0 aliphatic heterocycles. The summed E-state index contributed by atoms with van der Waals surface area (Å²) in [6.45, 7) is 6.63. The lowest BCUT2D eigenvalue weighted by Gasteiger charge is -2.23. The molecule has 0 bridgehead atoms. The molecule has 0 fully saturated rings. The number of benzene rings is 1. The van der Waals surface area contributed by atoms with Crippen molar-refractivity contribution in [2.75, 3.05) is 6.79 Å². The van der Waals surface area contributed by atoms with Gasteiger partial charge in [0.1, 0.15) is 5.75 Å². The summed E-state index contributed by atoms with van der Waals surface area (Å²) in [5.41, 5.74) is 10.9. The van der Waals surface area contributed by atoms with Crippen molar-refractivity contribution >= 4 is 6.40 Å². The van der Waals surface area contributed by atoms with Crippen molar-refractivity contribution in [2.45, 2.75) is 32.6 Å². The smallest absolute Gasteiger partial charge is 0.232 e. The Morgan fingerprint density at radius 3 is 2.58 bits per heavy atom.